The van der Waals surface area contributed by atoms with Gasteiger partial charge in [-0.3, -0.25) is 4.79 Å². The minimum Gasteiger partial charge on any atom is -0.347 e. The van der Waals surface area contributed by atoms with Crippen LogP contribution in [0.5, 0.6) is 0 Å². The van der Waals surface area contributed by atoms with E-state index in [0.29, 0.717) is 0 Å². The quantitative estimate of drug-likeness (QED) is 0.824. The van der Waals surface area contributed by atoms with Gasteiger partial charge in [0.15, 0.2) is 5.43 Å². The Morgan fingerprint density at radius 2 is 2.11 bits per heavy atom. The molecule has 0 atom stereocenters. The normalized spacial score (nSPS) is 16.8. The van der Waals surface area contributed by atoms with Crippen molar-refractivity contribution < 1.29 is 0 Å². The lowest BCUT2D eigenvalue weighted by molar-refractivity contribution is 0.351. The number of nitrogens with zero attached hydrogens (tertiary/aromatic N) is 2. The van der Waals surface area contributed by atoms with Gasteiger partial charge in [-0.2, -0.15) is 0 Å². The van der Waals surface area contributed by atoms with Crippen LogP contribution in [0.1, 0.15) is 18.2 Å². The van der Waals surface area contributed by atoms with Crippen LogP contribution in [0.3, 0.4) is 0 Å². The highest BCUT2D eigenvalue weighted by molar-refractivity contribution is 5.82. The average Bonchev–Trinajstić information content (AvgIpc) is 2.56. The lowest BCUT2D eigenvalue weighted by Gasteiger charge is -2.12. The van der Waals surface area contributed by atoms with Crippen molar-refractivity contribution in [1.82, 2.24) is 14.5 Å². The van der Waals surface area contributed by atoms with Crippen molar-refractivity contribution in [1.29, 1.82) is 0 Å². The Kier molecular flexibility index (Phi) is 2.74. The summed E-state index contributed by atoms with van der Waals surface area (Å²) in [7, 11) is 2.15. The van der Waals surface area contributed by atoms with Crippen LogP contribution in [-0.4, -0.2) is 34.6 Å². The van der Waals surface area contributed by atoms with E-state index in [1.807, 2.05) is 0 Å². The number of aryl methyl sites for hydroxylation is 1. The van der Waals surface area contributed by atoms with Crippen LogP contribution in [0.2, 0.25) is 0 Å². The highest BCUT2D eigenvalue weighted by atomic mass is 16.1. The van der Waals surface area contributed by atoms with E-state index < -0.39 is 0 Å². The maximum absolute atomic E-state index is 12.1. The Balaban J connectivity index is 2.32. The zero-order valence-corrected chi connectivity index (χ0v) is 11.0. The van der Waals surface area contributed by atoms with E-state index in [2.05, 4.69) is 28.4 Å². The highest BCUT2D eigenvalue weighted by Gasteiger charge is 2.21. The van der Waals surface area contributed by atoms with Crippen LogP contribution in [0.25, 0.3) is 11.0 Å². The van der Waals surface area contributed by atoms with Crippen molar-refractivity contribution in [2.75, 3.05) is 20.1 Å². The molecule has 4 heteroatoms. The summed E-state index contributed by atoms with van der Waals surface area (Å²) in [6.45, 7) is 5.15. The van der Waals surface area contributed by atoms with Crippen LogP contribution in [0.15, 0.2) is 17.1 Å². The fraction of sp³-hybridized carbons (Fsp3) is 0.500. The predicted molar refractivity (Wildman–Crippen MR) is 73.1 cm³/mol. The molecule has 2 aromatic rings. The topological polar surface area (TPSA) is 41.0 Å². The molecule has 0 saturated heterocycles. The molecule has 96 valence electrons. The minimum absolute atomic E-state index is 0.150. The van der Waals surface area contributed by atoms with Crippen LogP contribution in [-0.2, 0) is 19.4 Å². The summed E-state index contributed by atoms with van der Waals surface area (Å²) in [5.41, 5.74) is 3.76. The molecule has 0 aliphatic carbocycles. The second kappa shape index (κ2) is 4.28. The first-order chi connectivity index (χ1) is 8.72. The summed E-state index contributed by atoms with van der Waals surface area (Å²) in [5.74, 6) is 0. The molecular weight excluding hydrogens is 226 g/mol. The van der Waals surface area contributed by atoms with Gasteiger partial charge in [0, 0.05) is 44.0 Å². The SMILES string of the molecule is CCn1c2c(c3c(=O)cc[nH]c31)CCN(C)CC2. The standard InChI is InChI=1S/C14H19N3O/c1-3-17-11-6-9-16(2)8-5-10(11)13-12(18)4-7-15-14(13)17/h4,7H,3,5-6,8-9H2,1-2H3,(H,15,18). The Bertz CT molecular complexity index is 638. The second-order valence-corrected chi connectivity index (χ2v) is 5.04. The molecule has 1 aliphatic heterocycles. The van der Waals surface area contributed by atoms with Crippen molar-refractivity contribution in [2.24, 2.45) is 0 Å². The third-order valence-corrected chi connectivity index (χ3v) is 3.97. The summed E-state index contributed by atoms with van der Waals surface area (Å²) in [4.78, 5) is 17.7. The van der Waals surface area contributed by atoms with Crippen molar-refractivity contribution in [3.05, 3.63) is 33.7 Å². The molecule has 3 rings (SSSR count). The summed E-state index contributed by atoms with van der Waals surface area (Å²) in [5, 5.41) is 0.907. The summed E-state index contributed by atoms with van der Waals surface area (Å²) < 4.78 is 2.27. The molecule has 4 nitrogen and oxygen atoms in total. The van der Waals surface area contributed by atoms with Crippen LogP contribution in [0.4, 0.5) is 0 Å². The number of rotatable bonds is 1. The van der Waals surface area contributed by atoms with E-state index >= 15 is 0 Å². The number of likely N-dealkylation sites (N-methyl/N-ethyl adjacent to an activating group) is 1. The molecule has 3 heterocycles. The van der Waals surface area contributed by atoms with Crippen molar-refractivity contribution in [3.63, 3.8) is 0 Å². The van der Waals surface area contributed by atoms with E-state index in [-0.39, 0.29) is 5.43 Å². The fourth-order valence-electron chi connectivity index (χ4n) is 3.03. The largest absolute Gasteiger partial charge is 0.347 e. The third-order valence-electron chi connectivity index (χ3n) is 3.97. The zero-order valence-electron chi connectivity index (χ0n) is 11.0. The highest BCUT2D eigenvalue weighted by Crippen LogP contribution is 2.25. The van der Waals surface area contributed by atoms with Gasteiger partial charge < -0.3 is 14.5 Å². The molecule has 0 aromatic carbocycles. The first-order valence-electron chi connectivity index (χ1n) is 6.62. The number of aromatic nitrogens is 2. The Hall–Kier alpha value is -1.55. The van der Waals surface area contributed by atoms with Gasteiger partial charge in [-0.1, -0.05) is 0 Å². The molecule has 0 fully saturated rings. The third kappa shape index (κ3) is 1.60. The predicted octanol–water partition coefficient (Wildman–Crippen LogP) is 1.38. The molecular formula is C14H19N3O. The number of hydrogen-bond donors (Lipinski definition) is 1. The molecule has 2 aromatic heterocycles. The maximum atomic E-state index is 12.1. The fourth-order valence-corrected chi connectivity index (χ4v) is 3.03. The lowest BCUT2D eigenvalue weighted by atomic mass is 10.1. The molecule has 0 spiro atoms. The number of hydrogen-bond acceptors (Lipinski definition) is 2. The van der Waals surface area contributed by atoms with Gasteiger partial charge in [0.2, 0.25) is 0 Å². The molecule has 18 heavy (non-hydrogen) atoms. The first-order valence-corrected chi connectivity index (χ1v) is 6.62. The number of nitrogens with one attached hydrogen (secondary N) is 1. The van der Waals surface area contributed by atoms with Crippen molar-refractivity contribution in [2.45, 2.75) is 26.3 Å². The van der Waals surface area contributed by atoms with Gasteiger partial charge in [-0.05, 0) is 26.0 Å². The first kappa shape index (κ1) is 11.5. The van der Waals surface area contributed by atoms with Gasteiger partial charge in [0.1, 0.15) is 5.65 Å². The minimum atomic E-state index is 0.150. The molecule has 0 bridgehead atoms. The van der Waals surface area contributed by atoms with E-state index in [1.165, 1.54) is 11.3 Å². The molecule has 0 radical (unpaired) electrons. The van der Waals surface area contributed by atoms with Crippen LogP contribution >= 0.6 is 0 Å². The number of fused-ring (bicyclic) bond motifs is 3. The van der Waals surface area contributed by atoms with Crippen molar-refractivity contribution in [3.8, 4) is 0 Å². The number of H-pyrrole nitrogens is 1. The Morgan fingerprint density at radius 3 is 2.89 bits per heavy atom. The monoisotopic (exact) mass is 245 g/mol. The molecule has 0 saturated carbocycles. The smallest absolute Gasteiger partial charge is 0.191 e. The maximum Gasteiger partial charge on any atom is 0.191 e. The van der Waals surface area contributed by atoms with E-state index in [0.717, 1.165) is 43.5 Å². The zero-order chi connectivity index (χ0) is 12.7. The van der Waals surface area contributed by atoms with E-state index in [4.69, 9.17) is 0 Å². The average molecular weight is 245 g/mol. The lowest BCUT2D eigenvalue weighted by Crippen LogP contribution is -2.21. The van der Waals surface area contributed by atoms with Crippen LogP contribution < -0.4 is 5.43 Å². The summed E-state index contributed by atoms with van der Waals surface area (Å²) >= 11 is 0. The van der Waals surface area contributed by atoms with Gasteiger partial charge in [0.25, 0.3) is 0 Å². The van der Waals surface area contributed by atoms with Crippen molar-refractivity contribution >= 4 is 11.0 Å². The van der Waals surface area contributed by atoms with Gasteiger partial charge in [0.05, 0.1) is 5.39 Å². The van der Waals surface area contributed by atoms with E-state index in [9.17, 15) is 4.79 Å². The summed E-state index contributed by atoms with van der Waals surface area (Å²) in [6, 6.07) is 1.64. The molecule has 1 aliphatic rings. The summed E-state index contributed by atoms with van der Waals surface area (Å²) in [6.07, 6.45) is 3.76. The van der Waals surface area contributed by atoms with Gasteiger partial charge >= 0.3 is 0 Å². The van der Waals surface area contributed by atoms with Crippen LogP contribution in [0, 0.1) is 0 Å². The number of pyridine rings is 1. The molecule has 0 amide bonds. The van der Waals surface area contributed by atoms with E-state index in [1.54, 1.807) is 12.3 Å². The Morgan fingerprint density at radius 1 is 1.33 bits per heavy atom. The molecule has 1 N–H and O–H groups in total. The second-order valence-electron chi connectivity index (χ2n) is 5.04. The van der Waals surface area contributed by atoms with Gasteiger partial charge in [-0.15, -0.1) is 0 Å². The molecule has 0 unspecified atom stereocenters. The van der Waals surface area contributed by atoms with Gasteiger partial charge in [-0.25, -0.2) is 0 Å². The Labute approximate surface area is 106 Å². The number of aromatic amines is 1.